The fourth-order valence-electron chi connectivity index (χ4n) is 4.78. The van der Waals surface area contributed by atoms with Crippen LogP contribution in [0.15, 0.2) is 54.7 Å². The first-order valence-corrected chi connectivity index (χ1v) is 12.6. The smallest absolute Gasteiger partial charge is 0.253 e. The quantitative estimate of drug-likeness (QED) is 0.543. The average Bonchev–Trinajstić information content (AvgIpc) is 3.47. The molecule has 2 aromatic carbocycles. The summed E-state index contributed by atoms with van der Waals surface area (Å²) in [6.07, 6.45) is 6.09. The Balaban J connectivity index is 1.43. The van der Waals surface area contributed by atoms with E-state index in [9.17, 15) is 4.79 Å². The van der Waals surface area contributed by atoms with Gasteiger partial charge in [0.25, 0.3) is 5.91 Å². The van der Waals surface area contributed by atoms with E-state index < -0.39 is 0 Å². The molecule has 1 aromatic heterocycles. The summed E-state index contributed by atoms with van der Waals surface area (Å²) in [6, 6.07) is 15.8. The molecule has 1 amide bonds. The van der Waals surface area contributed by atoms with Gasteiger partial charge in [-0.05, 0) is 62.4 Å². The van der Waals surface area contributed by atoms with Crippen LogP contribution in [0.2, 0.25) is 0 Å². The van der Waals surface area contributed by atoms with Crippen molar-refractivity contribution in [3.8, 4) is 28.4 Å². The minimum atomic E-state index is 0.0942. The normalized spacial score (nSPS) is 16.4. The molecule has 182 valence electrons. The number of hydrogen-bond donors (Lipinski definition) is 2. The zero-order chi connectivity index (χ0) is 24.0. The zero-order valence-corrected chi connectivity index (χ0v) is 20.1. The Morgan fingerprint density at radius 2 is 1.63 bits per heavy atom. The number of nitrogens with two attached hydrogens (primary N) is 1. The molecule has 2 saturated heterocycles. The number of likely N-dealkylation sites (tertiary alicyclic amines) is 1. The standard InChI is InChI=1S/C28H33N5O2/c29-17-20-3-5-22(6-4-20)26-27(32-25(18-31-26)35-19-21-11-13-30-14-12-21)23-7-9-24(10-8-23)28(34)33-15-1-2-16-33/h3-10,18,21,30H,1-2,11-17,19,29H2. The van der Waals surface area contributed by atoms with Gasteiger partial charge in [0.1, 0.15) is 5.69 Å². The number of amides is 1. The number of ether oxygens (including phenoxy) is 1. The van der Waals surface area contributed by atoms with E-state index in [1.807, 2.05) is 53.4 Å². The molecule has 35 heavy (non-hydrogen) atoms. The number of rotatable bonds is 7. The summed E-state index contributed by atoms with van der Waals surface area (Å²) in [5.74, 6) is 1.15. The van der Waals surface area contributed by atoms with E-state index in [1.54, 1.807) is 6.20 Å². The fourth-order valence-corrected chi connectivity index (χ4v) is 4.78. The molecule has 0 bridgehead atoms. The lowest BCUT2D eigenvalue weighted by molar-refractivity contribution is 0.0793. The Kier molecular flexibility index (Phi) is 7.35. The maximum absolute atomic E-state index is 12.8. The van der Waals surface area contributed by atoms with E-state index >= 15 is 0 Å². The van der Waals surface area contributed by atoms with Crippen molar-refractivity contribution in [3.05, 3.63) is 65.9 Å². The van der Waals surface area contributed by atoms with Crippen molar-refractivity contribution in [1.29, 1.82) is 0 Å². The highest BCUT2D eigenvalue weighted by atomic mass is 16.5. The molecule has 2 aliphatic rings. The van der Waals surface area contributed by atoms with Gasteiger partial charge in [0.2, 0.25) is 5.88 Å². The Hall–Kier alpha value is -3.29. The van der Waals surface area contributed by atoms with Gasteiger partial charge in [-0.25, -0.2) is 9.97 Å². The molecule has 3 aromatic rings. The van der Waals surface area contributed by atoms with Crippen LogP contribution in [0, 0.1) is 5.92 Å². The van der Waals surface area contributed by atoms with Gasteiger partial charge in [-0.15, -0.1) is 0 Å². The van der Waals surface area contributed by atoms with Crippen molar-refractivity contribution in [2.45, 2.75) is 32.2 Å². The Bertz CT molecular complexity index is 1140. The molecule has 0 unspecified atom stereocenters. The predicted octanol–water partition coefficient (Wildman–Crippen LogP) is 3.88. The van der Waals surface area contributed by atoms with Gasteiger partial charge in [-0.3, -0.25) is 4.79 Å². The van der Waals surface area contributed by atoms with Gasteiger partial charge in [0, 0.05) is 36.3 Å². The van der Waals surface area contributed by atoms with Crippen LogP contribution >= 0.6 is 0 Å². The second-order valence-corrected chi connectivity index (χ2v) is 9.39. The van der Waals surface area contributed by atoms with Crippen molar-refractivity contribution < 1.29 is 9.53 Å². The maximum Gasteiger partial charge on any atom is 0.253 e. The van der Waals surface area contributed by atoms with Crippen LogP contribution in [0.25, 0.3) is 22.5 Å². The molecule has 3 N–H and O–H groups in total. The number of benzene rings is 2. The predicted molar refractivity (Wildman–Crippen MR) is 137 cm³/mol. The maximum atomic E-state index is 12.8. The molecular formula is C28H33N5O2. The van der Waals surface area contributed by atoms with Crippen molar-refractivity contribution in [3.63, 3.8) is 0 Å². The highest BCUT2D eigenvalue weighted by Crippen LogP contribution is 2.31. The van der Waals surface area contributed by atoms with E-state index in [-0.39, 0.29) is 5.91 Å². The van der Waals surface area contributed by atoms with Crippen molar-refractivity contribution in [1.82, 2.24) is 20.2 Å². The summed E-state index contributed by atoms with van der Waals surface area (Å²) in [7, 11) is 0. The second kappa shape index (κ2) is 11.0. The van der Waals surface area contributed by atoms with Crippen LogP contribution in [0.5, 0.6) is 5.88 Å². The molecular weight excluding hydrogens is 438 g/mol. The van der Waals surface area contributed by atoms with E-state index in [4.69, 9.17) is 20.4 Å². The first-order valence-electron chi connectivity index (χ1n) is 12.6. The molecule has 0 spiro atoms. The number of hydrogen-bond acceptors (Lipinski definition) is 6. The van der Waals surface area contributed by atoms with E-state index in [0.29, 0.717) is 30.5 Å². The highest BCUT2D eigenvalue weighted by Gasteiger charge is 2.20. The summed E-state index contributed by atoms with van der Waals surface area (Å²) < 4.78 is 6.09. The second-order valence-electron chi connectivity index (χ2n) is 9.39. The summed E-state index contributed by atoms with van der Waals surface area (Å²) in [5.41, 5.74) is 10.9. The molecule has 5 rings (SSSR count). The van der Waals surface area contributed by atoms with Gasteiger partial charge in [-0.1, -0.05) is 36.4 Å². The first-order chi connectivity index (χ1) is 17.2. The van der Waals surface area contributed by atoms with Crippen molar-refractivity contribution in [2.24, 2.45) is 11.7 Å². The van der Waals surface area contributed by atoms with Crippen LogP contribution in [0.1, 0.15) is 41.6 Å². The van der Waals surface area contributed by atoms with Crippen LogP contribution < -0.4 is 15.8 Å². The number of piperidine rings is 1. The Morgan fingerprint density at radius 1 is 0.971 bits per heavy atom. The van der Waals surface area contributed by atoms with Crippen molar-refractivity contribution in [2.75, 3.05) is 32.8 Å². The van der Waals surface area contributed by atoms with Crippen LogP contribution in [-0.4, -0.2) is 53.6 Å². The monoisotopic (exact) mass is 471 g/mol. The summed E-state index contributed by atoms with van der Waals surface area (Å²) in [4.78, 5) is 24.4. The molecule has 0 radical (unpaired) electrons. The third-order valence-corrected chi connectivity index (χ3v) is 6.94. The first kappa shape index (κ1) is 23.5. The van der Waals surface area contributed by atoms with E-state index in [1.165, 1.54) is 0 Å². The largest absolute Gasteiger partial charge is 0.476 e. The third-order valence-electron chi connectivity index (χ3n) is 6.94. The minimum absolute atomic E-state index is 0.0942. The zero-order valence-electron chi connectivity index (χ0n) is 20.1. The van der Waals surface area contributed by atoms with Gasteiger partial charge in [0.05, 0.1) is 18.5 Å². The van der Waals surface area contributed by atoms with Crippen LogP contribution in [0.3, 0.4) is 0 Å². The molecule has 0 saturated carbocycles. The minimum Gasteiger partial charge on any atom is -0.476 e. The van der Waals surface area contributed by atoms with Gasteiger partial charge < -0.3 is 20.7 Å². The van der Waals surface area contributed by atoms with Crippen LogP contribution in [0.4, 0.5) is 0 Å². The lowest BCUT2D eigenvalue weighted by Crippen LogP contribution is -2.30. The topological polar surface area (TPSA) is 93.4 Å². The number of nitrogens with one attached hydrogen (secondary N) is 1. The Labute approximate surface area is 206 Å². The summed E-state index contributed by atoms with van der Waals surface area (Å²) >= 11 is 0. The van der Waals surface area contributed by atoms with Crippen molar-refractivity contribution >= 4 is 5.91 Å². The SMILES string of the molecule is NCc1ccc(-c2ncc(OCC3CCNCC3)nc2-c2ccc(C(=O)N3CCCC3)cc2)cc1. The molecule has 0 atom stereocenters. The van der Waals surface area contributed by atoms with E-state index in [2.05, 4.69) is 5.32 Å². The summed E-state index contributed by atoms with van der Waals surface area (Å²) in [5, 5.41) is 3.39. The molecule has 2 fully saturated rings. The number of carbonyl (C=O) groups is 1. The number of aromatic nitrogens is 2. The molecule has 3 heterocycles. The van der Waals surface area contributed by atoms with Crippen LogP contribution in [-0.2, 0) is 6.54 Å². The molecule has 7 heteroatoms. The van der Waals surface area contributed by atoms with Gasteiger partial charge >= 0.3 is 0 Å². The highest BCUT2D eigenvalue weighted by molar-refractivity contribution is 5.95. The molecule has 0 aliphatic carbocycles. The lowest BCUT2D eigenvalue weighted by atomic mass is 9.99. The van der Waals surface area contributed by atoms with Gasteiger partial charge in [-0.2, -0.15) is 0 Å². The number of nitrogens with zero attached hydrogens (tertiary/aromatic N) is 3. The third kappa shape index (κ3) is 5.52. The molecule has 2 aliphatic heterocycles. The average molecular weight is 472 g/mol. The fraction of sp³-hybridized carbons (Fsp3) is 0.393. The van der Waals surface area contributed by atoms with E-state index in [0.717, 1.165) is 79.9 Å². The summed E-state index contributed by atoms with van der Waals surface area (Å²) in [6.45, 7) is 4.88. The lowest BCUT2D eigenvalue weighted by Gasteiger charge is -2.22. The van der Waals surface area contributed by atoms with Gasteiger partial charge in [0.15, 0.2) is 0 Å². The molecule has 7 nitrogen and oxygen atoms in total. The number of carbonyl (C=O) groups excluding carboxylic acids is 1. The Morgan fingerprint density at radius 3 is 2.31 bits per heavy atom.